The second kappa shape index (κ2) is 35.4. The summed E-state index contributed by atoms with van der Waals surface area (Å²) in [5, 5.41) is 11.6. The highest BCUT2D eigenvalue weighted by Crippen LogP contribution is 2.16. The standard InChI is InChI=1S/C43H83NO7/c1-6-8-10-12-14-16-18-19-20-21-22-24-26-28-30-32-34-42(46)51-39(37-49-36-35-40(43(47)48)44(3,4)5)38-50-41(45)33-31-29-27-25-23-17-15-13-11-9-7-2/h39-40H,6-38H2,1-5H3. The fourth-order valence-electron chi connectivity index (χ4n) is 6.60. The van der Waals surface area contributed by atoms with Crippen LogP contribution >= 0.6 is 0 Å². The Kier molecular flexibility index (Phi) is 34.2. The van der Waals surface area contributed by atoms with Crippen LogP contribution in [0.15, 0.2) is 0 Å². The molecule has 0 rings (SSSR count). The molecular weight excluding hydrogens is 642 g/mol. The molecule has 0 aliphatic rings. The minimum Gasteiger partial charge on any atom is -0.544 e. The smallest absolute Gasteiger partial charge is 0.306 e. The van der Waals surface area contributed by atoms with Crippen LogP contribution in [0.25, 0.3) is 0 Å². The summed E-state index contributed by atoms with van der Waals surface area (Å²) >= 11 is 0. The fraction of sp³-hybridized carbons (Fsp3) is 0.930. The number of carbonyl (C=O) groups excluding carboxylic acids is 3. The van der Waals surface area contributed by atoms with E-state index in [1.54, 1.807) is 21.1 Å². The third-order valence-electron chi connectivity index (χ3n) is 9.99. The molecule has 0 aromatic heterocycles. The highest BCUT2D eigenvalue weighted by molar-refractivity contribution is 5.70. The first-order valence-corrected chi connectivity index (χ1v) is 21.6. The number of carboxylic acid groups (broad SMARTS) is 1. The van der Waals surface area contributed by atoms with E-state index in [2.05, 4.69) is 13.8 Å². The first-order chi connectivity index (χ1) is 24.6. The number of hydrogen-bond donors (Lipinski definition) is 0. The summed E-state index contributed by atoms with van der Waals surface area (Å²) in [4.78, 5) is 36.7. The number of nitrogens with zero attached hydrogens (tertiary/aromatic N) is 1. The molecule has 2 unspecified atom stereocenters. The van der Waals surface area contributed by atoms with Gasteiger partial charge in [-0.25, -0.2) is 0 Å². The molecule has 51 heavy (non-hydrogen) atoms. The molecule has 8 nitrogen and oxygen atoms in total. The van der Waals surface area contributed by atoms with Crippen molar-refractivity contribution in [2.45, 2.75) is 219 Å². The van der Waals surface area contributed by atoms with Gasteiger partial charge in [-0.1, -0.05) is 174 Å². The molecule has 0 amide bonds. The normalized spacial score (nSPS) is 12.9. The highest BCUT2D eigenvalue weighted by Gasteiger charge is 2.25. The van der Waals surface area contributed by atoms with Gasteiger partial charge in [0.05, 0.1) is 40.3 Å². The Balaban J connectivity index is 4.30. The van der Waals surface area contributed by atoms with Crippen LogP contribution in [0.2, 0.25) is 0 Å². The molecule has 0 aliphatic heterocycles. The summed E-state index contributed by atoms with van der Waals surface area (Å²) in [5.41, 5.74) is 0. The van der Waals surface area contributed by atoms with E-state index in [1.807, 2.05) is 0 Å². The van der Waals surface area contributed by atoms with Gasteiger partial charge in [0.2, 0.25) is 0 Å². The average molecular weight is 726 g/mol. The van der Waals surface area contributed by atoms with Crippen molar-refractivity contribution in [3.8, 4) is 0 Å². The van der Waals surface area contributed by atoms with E-state index in [9.17, 15) is 19.5 Å². The van der Waals surface area contributed by atoms with Crippen molar-refractivity contribution in [2.75, 3.05) is 41.0 Å². The van der Waals surface area contributed by atoms with Crippen LogP contribution in [-0.4, -0.2) is 75.5 Å². The molecule has 2 atom stereocenters. The summed E-state index contributed by atoms with van der Waals surface area (Å²) in [6.45, 7) is 4.68. The maximum atomic E-state index is 12.7. The van der Waals surface area contributed by atoms with Gasteiger partial charge in [0.25, 0.3) is 0 Å². The predicted molar refractivity (Wildman–Crippen MR) is 208 cm³/mol. The van der Waals surface area contributed by atoms with Gasteiger partial charge >= 0.3 is 11.9 Å². The molecule has 0 saturated heterocycles. The minimum absolute atomic E-state index is 0.0489. The van der Waals surface area contributed by atoms with E-state index in [1.165, 1.54) is 135 Å². The Morgan fingerprint density at radius 3 is 1.22 bits per heavy atom. The number of carbonyl (C=O) groups is 3. The molecule has 0 bridgehead atoms. The van der Waals surface area contributed by atoms with Crippen molar-refractivity contribution in [3.63, 3.8) is 0 Å². The van der Waals surface area contributed by atoms with Gasteiger partial charge in [0.1, 0.15) is 12.6 Å². The van der Waals surface area contributed by atoms with Gasteiger partial charge in [-0.3, -0.25) is 9.59 Å². The zero-order valence-electron chi connectivity index (χ0n) is 34.3. The summed E-state index contributed by atoms with van der Waals surface area (Å²) in [5.74, 6) is -1.72. The summed E-state index contributed by atoms with van der Waals surface area (Å²) in [7, 11) is 5.41. The summed E-state index contributed by atoms with van der Waals surface area (Å²) < 4.78 is 17.1. The Hall–Kier alpha value is -1.67. The quantitative estimate of drug-likeness (QED) is 0.0353. The van der Waals surface area contributed by atoms with E-state index in [0.29, 0.717) is 12.8 Å². The van der Waals surface area contributed by atoms with Crippen molar-refractivity contribution in [1.82, 2.24) is 0 Å². The van der Waals surface area contributed by atoms with Crippen LogP contribution in [-0.2, 0) is 28.6 Å². The van der Waals surface area contributed by atoms with E-state index in [-0.39, 0.29) is 42.7 Å². The average Bonchev–Trinajstić information content (AvgIpc) is 3.08. The van der Waals surface area contributed by atoms with Gasteiger partial charge < -0.3 is 28.6 Å². The highest BCUT2D eigenvalue weighted by atomic mass is 16.6. The molecule has 302 valence electrons. The maximum Gasteiger partial charge on any atom is 0.306 e. The fourth-order valence-corrected chi connectivity index (χ4v) is 6.60. The van der Waals surface area contributed by atoms with Crippen molar-refractivity contribution < 1.29 is 38.2 Å². The molecule has 0 aliphatic carbocycles. The Morgan fingerprint density at radius 1 is 0.510 bits per heavy atom. The largest absolute Gasteiger partial charge is 0.544 e. The molecule has 0 fully saturated rings. The van der Waals surface area contributed by atoms with E-state index >= 15 is 0 Å². The molecular formula is C43H83NO7. The molecule has 0 saturated carbocycles. The summed E-state index contributed by atoms with van der Waals surface area (Å²) in [6, 6.07) is -0.718. The zero-order chi connectivity index (χ0) is 37.8. The van der Waals surface area contributed by atoms with Crippen LogP contribution < -0.4 is 5.11 Å². The first kappa shape index (κ1) is 49.3. The zero-order valence-corrected chi connectivity index (χ0v) is 34.3. The SMILES string of the molecule is CCCCCCCCCCCCCCCCCCC(=O)OC(COCCC(C(=O)[O-])[N+](C)(C)C)COC(=O)CCCCCCCCCCCCC. The number of likely N-dealkylation sites (N-methyl/N-ethyl adjacent to an activating group) is 1. The van der Waals surface area contributed by atoms with Gasteiger partial charge in [0.15, 0.2) is 6.10 Å². The van der Waals surface area contributed by atoms with Gasteiger partial charge in [0, 0.05) is 19.3 Å². The molecule has 0 aromatic rings. The second-order valence-electron chi connectivity index (χ2n) is 15.9. The van der Waals surface area contributed by atoms with Crippen LogP contribution in [0, 0.1) is 0 Å². The van der Waals surface area contributed by atoms with Crippen molar-refractivity contribution >= 4 is 17.9 Å². The van der Waals surface area contributed by atoms with Crippen LogP contribution in [0.5, 0.6) is 0 Å². The first-order valence-electron chi connectivity index (χ1n) is 21.6. The topological polar surface area (TPSA) is 102 Å². The molecule has 8 heteroatoms. The third kappa shape index (κ3) is 33.9. The Morgan fingerprint density at radius 2 is 0.863 bits per heavy atom. The van der Waals surface area contributed by atoms with E-state index in [0.717, 1.165) is 38.5 Å². The number of rotatable bonds is 39. The lowest BCUT2D eigenvalue weighted by Gasteiger charge is -2.34. The lowest BCUT2D eigenvalue weighted by atomic mass is 10.0. The number of carboxylic acids is 1. The number of hydrogen-bond acceptors (Lipinski definition) is 7. The summed E-state index contributed by atoms with van der Waals surface area (Å²) in [6.07, 6.45) is 34.0. The van der Waals surface area contributed by atoms with E-state index < -0.39 is 18.1 Å². The van der Waals surface area contributed by atoms with Gasteiger partial charge in [-0.2, -0.15) is 0 Å². The maximum absolute atomic E-state index is 12.7. The van der Waals surface area contributed by atoms with Crippen LogP contribution in [0.4, 0.5) is 0 Å². The number of quaternary nitrogens is 1. The van der Waals surface area contributed by atoms with Crippen molar-refractivity contribution in [2.24, 2.45) is 0 Å². The number of ether oxygens (including phenoxy) is 3. The minimum atomic E-state index is -1.12. The second-order valence-corrected chi connectivity index (χ2v) is 15.9. The Bertz CT molecular complexity index is 813. The number of aliphatic carboxylic acids is 1. The Labute approximate surface area is 315 Å². The lowest BCUT2D eigenvalue weighted by Crippen LogP contribution is -2.55. The van der Waals surface area contributed by atoms with Gasteiger partial charge in [-0.05, 0) is 12.8 Å². The molecule has 0 N–H and O–H groups in total. The van der Waals surface area contributed by atoms with Crippen molar-refractivity contribution in [1.29, 1.82) is 0 Å². The van der Waals surface area contributed by atoms with Crippen molar-refractivity contribution in [3.05, 3.63) is 0 Å². The molecule has 0 heterocycles. The number of unbranched alkanes of at least 4 members (excludes halogenated alkanes) is 25. The van der Waals surface area contributed by atoms with Crippen LogP contribution in [0.1, 0.15) is 206 Å². The number of esters is 2. The monoisotopic (exact) mass is 726 g/mol. The predicted octanol–water partition coefficient (Wildman–Crippen LogP) is 10.0. The third-order valence-corrected chi connectivity index (χ3v) is 9.99. The lowest BCUT2D eigenvalue weighted by molar-refractivity contribution is -0.889. The molecule has 0 aromatic carbocycles. The molecule has 0 radical (unpaired) electrons. The van der Waals surface area contributed by atoms with Crippen LogP contribution in [0.3, 0.4) is 0 Å². The molecule has 0 spiro atoms. The van der Waals surface area contributed by atoms with Gasteiger partial charge in [-0.15, -0.1) is 0 Å². The van der Waals surface area contributed by atoms with E-state index in [4.69, 9.17) is 14.2 Å².